The standard InChI is InChI=1S/C24H30N2O5S/c1-16-13-17(2)15-26(14-16)32(29,30)21-11-9-20(10-12-21)24(28)31-19(4)23(27)25-22-8-6-5-7-18(22)3/h5-12,16-17,19H,13-15H2,1-4H3,(H,25,27). The van der Waals surface area contributed by atoms with Crippen molar-refractivity contribution in [3.8, 4) is 0 Å². The molecule has 172 valence electrons. The van der Waals surface area contributed by atoms with Crippen LogP contribution in [0, 0.1) is 18.8 Å². The summed E-state index contributed by atoms with van der Waals surface area (Å²) in [5.74, 6) is -0.535. The summed E-state index contributed by atoms with van der Waals surface area (Å²) in [5.41, 5.74) is 1.73. The Labute approximate surface area is 189 Å². The number of carbonyl (C=O) groups is 2. The summed E-state index contributed by atoms with van der Waals surface area (Å²) < 4.78 is 32.7. The number of para-hydroxylation sites is 1. The fourth-order valence-corrected chi connectivity index (χ4v) is 5.62. The van der Waals surface area contributed by atoms with Crippen molar-refractivity contribution in [2.75, 3.05) is 18.4 Å². The molecule has 32 heavy (non-hydrogen) atoms. The van der Waals surface area contributed by atoms with E-state index in [0.717, 1.165) is 12.0 Å². The normalized spacial score (nSPS) is 20.4. The number of carbonyl (C=O) groups excluding carboxylic acids is 2. The lowest BCUT2D eigenvalue weighted by Crippen LogP contribution is -2.42. The lowest BCUT2D eigenvalue weighted by Gasteiger charge is -2.34. The van der Waals surface area contributed by atoms with Gasteiger partial charge in [0.1, 0.15) is 0 Å². The van der Waals surface area contributed by atoms with Gasteiger partial charge < -0.3 is 10.1 Å². The van der Waals surface area contributed by atoms with Crippen LogP contribution in [0.15, 0.2) is 53.4 Å². The Morgan fingerprint density at radius 3 is 2.22 bits per heavy atom. The quantitative estimate of drug-likeness (QED) is 0.664. The highest BCUT2D eigenvalue weighted by atomic mass is 32.2. The van der Waals surface area contributed by atoms with Crippen LogP contribution in [0.2, 0.25) is 0 Å². The van der Waals surface area contributed by atoms with Gasteiger partial charge in [-0.2, -0.15) is 4.31 Å². The number of nitrogens with zero attached hydrogens (tertiary/aromatic N) is 1. The van der Waals surface area contributed by atoms with Gasteiger partial charge in [-0.3, -0.25) is 4.79 Å². The van der Waals surface area contributed by atoms with Gasteiger partial charge in [-0.15, -0.1) is 0 Å². The smallest absolute Gasteiger partial charge is 0.338 e. The van der Waals surface area contributed by atoms with Gasteiger partial charge in [-0.05, 0) is 68.0 Å². The van der Waals surface area contributed by atoms with E-state index in [1.54, 1.807) is 12.1 Å². The maximum atomic E-state index is 13.0. The number of hydrogen-bond donors (Lipinski definition) is 1. The van der Waals surface area contributed by atoms with Crippen molar-refractivity contribution in [1.82, 2.24) is 4.31 Å². The number of benzene rings is 2. The highest BCUT2D eigenvalue weighted by Crippen LogP contribution is 2.27. The van der Waals surface area contributed by atoms with E-state index in [1.807, 2.05) is 32.9 Å². The zero-order valence-corrected chi connectivity index (χ0v) is 19.7. The molecule has 0 bridgehead atoms. The van der Waals surface area contributed by atoms with Gasteiger partial charge in [-0.25, -0.2) is 13.2 Å². The minimum atomic E-state index is -3.63. The highest BCUT2D eigenvalue weighted by molar-refractivity contribution is 7.89. The van der Waals surface area contributed by atoms with E-state index in [9.17, 15) is 18.0 Å². The Hall–Kier alpha value is -2.71. The zero-order valence-electron chi connectivity index (χ0n) is 18.9. The van der Waals surface area contributed by atoms with E-state index < -0.39 is 28.0 Å². The molecule has 3 unspecified atom stereocenters. The molecule has 1 amide bonds. The SMILES string of the molecule is Cc1ccccc1NC(=O)C(C)OC(=O)c1ccc(S(=O)(=O)N2CC(C)CC(C)C2)cc1. The number of sulfonamides is 1. The molecule has 1 saturated heterocycles. The zero-order chi connectivity index (χ0) is 23.5. The summed E-state index contributed by atoms with van der Waals surface area (Å²) in [6.45, 7) is 8.44. The van der Waals surface area contributed by atoms with E-state index in [2.05, 4.69) is 5.32 Å². The average molecular weight is 459 g/mol. The molecule has 1 heterocycles. The molecular formula is C24H30N2O5S. The minimum Gasteiger partial charge on any atom is -0.449 e. The summed E-state index contributed by atoms with van der Waals surface area (Å²) >= 11 is 0. The molecular weight excluding hydrogens is 428 g/mol. The number of ether oxygens (including phenoxy) is 1. The van der Waals surface area contributed by atoms with Crippen LogP contribution in [0.3, 0.4) is 0 Å². The van der Waals surface area contributed by atoms with Crippen LogP contribution in [-0.4, -0.2) is 43.8 Å². The second-order valence-corrected chi connectivity index (χ2v) is 10.6. The third kappa shape index (κ3) is 5.55. The van der Waals surface area contributed by atoms with Crippen LogP contribution >= 0.6 is 0 Å². The van der Waals surface area contributed by atoms with E-state index in [1.165, 1.54) is 35.5 Å². The molecule has 8 heteroatoms. The molecule has 0 saturated carbocycles. The topological polar surface area (TPSA) is 92.8 Å². The second-order valence-electron chi connectivity index (χ2n) is 8.64. The molecule has 1 aliphatic rings. The third-order valence-electron chi connectivity index (χ3n) is 5.62. The number of anilines is 1. The molecule has 7 nitrogen and oxygen atoms in total. The van der Waals surface area contributed by atoms with Crippen LogP contribution in [0.1, 0.15) is 43.1 Å². The molecule has 0 aromatic heterocycles. The predicted octanol–water partition coefficient (Wildman–Crippen LogP) is 3.85. The lowest BCUT2D eigenvalue weighted by atomic mass is 9.94. The fraction of sp³-hybridized carbons (Fsp3) is 0.417. The van der Waals surface area contributed by atoms with Gasteiger partial charge in [0, 0.05) is 18.8 Å². The summed E-state index contributed by atoms with van der Waals surface area (Å²) in [4.78, 5) is 25.0. The Morgan fingerprint density at radius 1 is 1.03 bits per heavy atom. The molecule has 0 aliphatic carbocycles. The first-order valence-corrected chi connectivity index (χ1v) is 12.2. The number of rotatable bonds is 6. The summed E-state index contributed by atoms with van der Waals surface area (Å²) in [5, 5.41) is 2.74. The van der Waals surface area contributed by atoms with Crippen LogP contribution in [0.4, 0.5) is 5.69 Å². The van der Waals surface area contributed by atoms with Crippen molar-refractivity contribution in [2.24, 2.45) is 11.8 Å². The first-order chi connectivity index (χ1) is 15.1. The van der Waals surface area contributed by atoms with E-state index in [0.29, 0.717) is 30.6 Å². The van der Waals surface area contributed by atoms with Crippen LogP contribution in [0.5, 0.6) is 0 Å². The molecule has 2 aromatic carbocycles. The van der Waals surface area contributed by atoms with E-state index >= 15 is 0 Å². The van der Waals surface area contributed by atoms with Crippen molar-refractivity contribution < 1.29 is 22.7 Å². The first-order valence-electron chi connectivity index (χ1n) is 10.8. The van der Waals surface area contributed by atoms with Crippen molar-refractivity contribution >= 4 is 27.6 Å². The molecule has 1 aliphatic heterocycles. The summed E-state index contributed by atoms with van der Waals surface area (Å²) in [6, 6.07) is 13.0. The van der Waals surface area contributed by atoms with Gasteiger partial charge in [0.25, 0.3) is 5.91 Å². The Kier molecular flexibility index (Phi) is 7.36. The maximum Gasteiger partial charge on any atom is 0.338 e. The predicted molar refractivity (Wildman–Crippen MR) is 123 cm³/mol. The van der Waals surface area contributed by atoms with Gasteiger partial charge in [0.05, 0.1) is 10.5 Å². The number of nitrogens with one attached hydrogen (secondary N) is 1. The largest absolute Gasteiger partial charge is 0.449 e. The number of amides is 1. The highest BCUT2D eigenvalue weighted by Gasteiger charge is 2.31. The van der Waals surface area contributed by atoms with Crippen LogP contribution in [0.25, 0.3) is 0 Å². The number of piperidine rings is 1. The first kappa shape index (κ1) is 23.9. The molecule has 2 aromatic rings. The van der Waals surface area contributed by atoms with Crippen LogP contribution < -0.4 is 5.32 Å². The van der Waals surface area contributed by atoms with Gasteiger partial charge in [0.15, 0.2) is 6.10 Å². The monoisotopic (exact) mass is 458 g/mol. The molecule has 0 radical (unpaired) electrons. The van der Waals surface area contributed by atoms with Crippen molar-refractivity contribution in [3.05, 3.63) is 59.7 Å². The number of aryl methyl sites for hydroxylation is 1. The number of esters is 1. The van der Waals surface area contributed by atoms with Crippen LogP contribution in [-0.2, 0) is 19.6 Å². The molecule has 0 spiro atoms. The Morgan fingerprint density at radius 2 is 1.62 bits per heavy atom. The number of hydrogen-bond acceptors (Lipinski definition) is 5. The average Bonchev–Trinajstić information content (AvgIpc) is 2.74. The molecule has 3 rings (SSSR count). The molecule has 1 fully saturated rings. The van der Waals surface area contributed by atoms with Gasteiger partial charge in [-0.1, -0.05) is 32.0 Å². The van der Waals surface area contributed by atoms with Gasteiger partial charge in [0.2, 0.25) is 10.0 Å². The van der Waals surface area contributed by atoms with E-state index in [-0.39, 0.29) is 10.5 Å². The van der Waals surface area contributed by atoms with Crippen molar-refractivity contribution in [1.29, 1.82) is 0 Å². The van der Waals surface area contributed by atoms with E-state index in [4.69, 9.17) is 4.74 Å². The second kappa shape index (κ2) is 9.83. The van der Waals surface area contributed by atoms with Crippen molar-refractivity contribution in [3.63, 3.8) is 0 Å². The summed E-state index contributed by atoms with van der Waals surface area (Å²) in [6.07, 6.45) is -0.00583. The lowest BCUT2D eigenvalue weighted by molar-refractivity contribution is -0.123. The maximum absolute atomic E-state index is 13.0. The molecule has 3 atom stereocenters. The Bertz CT molecular complexity index is 1070. The third-order valence-corrected chi connectivity index (χ3v) is 7.46. The summed E-state index contributed by atoms with van der Waals surface area (Å²) in [7, 11) is -3.63. The van der Waals surface area contributed by atoms with Crippen molar-refractivity contribution in [2.45, 2.75) is 45.1 Å². The fourth-order valence-electron chi connectivity index (χ4n) is 3.94. The van der Waals surface area contributed by atoms with Gasteiger partial charge >= 0.3 is 5.97 Å². The Balaban J connectivity index is 1.64. The minimum absolute atomic E-state index is 0.140. The molecule has 1 N–H and O–H groups in total.